The molecule has 0 spiro atoms. The van der Waals surface area contributed by atoms with Crippen LogP contribution >= 0.6 is 0 Å². The fraction of sp³-hybridized carbons (Fsp3) is 0.533. The van der Waals surface area contributed by atoms with Crippen LogP contribution in [0.2, 0.25) is 0 Å². The Morgan fingerprint density at radius 2 is 2.00 bits per heavy atom. The summed E-state index contributed by atoms with van der Waals surface area (Å²) in [5.41, 5.74) is 6.52. The van der Waals surface area contributed by atoms with E-state index in [-0.39, 0.29) is 17.5 Å². The Bertz CT molecular complexity index is 626. The molecule has 0 amide bonds. The van der Waals surface area contributed by atoms with Gasteiger partial charge in [0.2, 0.25) is 10.0 Å². The molecule has 3 N–H and O–H groups in total. The molecule has 0 radical (unpaired) electrons. The highest BCUT2D eigenvalue weighted by Gasteiger charge is 2.21. The molecule has 0 heterocycles. The second-order valence-corrected chi connectivity index (χ2v) is 7.37. The van der Waals surface area contributed by atoms with Gasteiger partial charge >= 0.3 is 5.97 Å². The van der Waals surface area contributed by atoms with Crippen molar-refractivity contribution in [1.29, 1.82) is 0 Å². The van der Waals surface area contributed by atoms with Gasteiger partial charge in [-0.3, -0.25) is 0 Å². The number of carbonyl (C=O) groups is 1. The van der Waals surface area contributed by atoms with E-state index in [1.165, 1.54) is 25.3 Å². The van der Waals surface area contributed by atoms with Crippen LogP contribution in [-0.2, 0) is 14.8 Å². The quantitative estimate of drug-likeness (QED) is 0.738. The Balaban J connectivity index is 3.03. The maximum Gasteiger partial charge on any atom is 0.338 e. The van der Waals surface area contributed by atoms with E-state index < -0.39 is 16.0 Å². The van der Waals surface area contributed by atoms with E-state index >= 15 is 0 Å². The largest absolute Gasteiger partial charge is 0.465 e. The second kappa shape index (κ2) is 7.71. The Labute approximate surface area is 132 Å². The molecule has 0 aliphatic heterocycles. The molecule has 0 aromatic heterocycles. The first-order valence-electron chi connectivity index (χ1n) is 7.12. The van der Waals surface area contributed by atoms with Crippen LogP contribution in [-0.4, -0.2) is 34.1 Å². The van der Waals surface area contributed by atoms with Crippen molar-refractivity contribution in [2.24, 2.45) is 11.7 Å². The number of nitrogens with two attached hydrogens (primary N) is 1. The van der Waals surface area contributed by atoms with Crippen molar-refractivity contribution in [3.05, 3.63) is 29.3 Å². The molecule has 124 valence electrons. The summed E-state index contributed by atoms with van der Waals surface area (Å²) >= 11 is 0. The molecule has 7 heteroatoms. The van der Waals surface area contributed by atoms with Crippen molar-refractivity contribution in [3.63, 3.8) is 0 Å². The van der Waals surface area contributed by atoms with E-state index in [1.54, 1.807) is 6.92 Å². The average molecular weight is 328 g/mol. The van der Waals surface area contributed by atoms with Gasteiger partial charge in [-0.15, -0.1) is 0 Å². The number of ether oxygens (including phenoxy) is 1. The van der Waals surface area contributed by atoms with Gasteiger partial charge in [0.1, 0.15) is 0 Å². The van der Waals surface area contributed by atoms with Gasteiger partial charge in [-0.05, 0) is 43.0 Å². The fourth-order valence-corrected chi connectivity index (χ4v) is 3.54. The minimum Gasteiger partial charge on any atom is -0.465 e. The number of hydrogen-bond acceptors (Lipinski definition) is 5. The summed E-state index contributed by atoms with van der Waals surface area (Å²) in [5.74, 6) is -0.159. The van der Waals surface area contributed by atoms with Crippen molar-refractivity contribution < 1.29 is 17.9 Å². The van der Waals surface area contributed by atoms with Crippen LogP contribution in [0.5, 0.6) is 0 Å². The van der Waals surface area contributed by atoms with Crippen molar-refractivity contribution in [1.82, 2.24) is 4.72 Å². The first-order valence-corrected chi connectivity index (χ1v) is 8.61. The molecule has 1 atom stereocenters. The summed E-state index contributed by atoms with van der Waals surface area (Å²) in [6, 6.07) is 3.99. The van der Waals surface area contributed by atoms with Crippen LogP contribution in [0.4, 0.5) is 0 Å². The number of methoxy groups -OCH3 is 1. The third-order valence-electron chi connectivity index (χ3n) is 3.28. The van der Waals surface area contributed by atoms with E-state index in [0.29, 0.717) is 23.5 Å². The number of rotatable bonds is 7. The number of aryl methyl sites for hydroxylation is 1. The monoisotopic (exact) mass is 328 g/mol. The molecule has 1 rings (SSSR count). The summed E-state index contributed by atoms with van der Waals surface area (Å²) in [6.45, 7) is 5.91. The summed E-state index contributed by atoms with van der Waals surface area (Å²) < 4.78 is 32.1. The fourth-order valence-electron chi connectivity index (χ4n) is 2.19. The lowest BCUT2D eigenvalue weighted by Crippen LogP contribution is -2.41. The molecule has 0 saturated carbocycles. The van der Waals surface area contributed by atoms with Gasteiger partial charge in [0.15, 0.2) is 0 Å². The van der Waals surface area contributed by atoms with Gasteiger partial charge in [0.05, 0.1) is 17.6 Å². The van der Waals surface area contributed by atoms with Crippen molar-refractivity contribution in [3.8, 4) is 0 Å². The van der Waals surface area contributed by atoms with E-state index in [1.807, 2.05) is 13.8 Å². The number of sulfonamides is 1. The average Bonchev–Trinajstić information content (AvgIpc) is 2.44. The van der Waals surface area contributed by atoms with Crippen LogP contribution in [0.25, 0.3) is 0 Å². The van der Waals surface area contributed by atoms with Crippen LogP contribution in [0.15, 0.2) is 23.1 Å². The molecule has 0 saturated heterocycles. The summed E-state index contributed by atoms with van der Waals surface area (Å²) in [4.78, 5) is 11.6. The predicted octanol–water partition coefficient (Wildman–Crippen LogP) is 1.43. The summed E-state index contributed by atoms with van der Waals surface area (Å²) in [6.07, 6.45) is 0.662. The highest BCUT2D eigenvalue weighted by atomic mass is 32.2. The molecule has 0 fully saturated rings. The molecule has 1 aromatic rings. The smallest absolute Gasteiger partial charge is 0.338 e. The Kier molecular flexibility index (Phi) is 6.52. The standard InChI is InChI=1S/C15H24N2O4S/c1-10(2)7-12(9-16)17-22(19,20)13-5-6-14(11(3)8-13)15(18)21-4/h5-6,8,10,12,17H,7,9,16H2,1-4H3. The van der Waals surface area contributed by atoms with Crippen molar-refractivity contribution >= 4 is 16.0 Å². The topological polar surface area (TPSA) is 98.5 Å². The highest BCUT2D eigenvalue weighted by Crippen LogP contribution is 2.17. The maximum atomic E-state index is 12.4. The van der Waals surface area contributed by atoms with Crippen LogP contribution < -0.4 is 10.5 Å². The lowest BCUT2D eigenvalue weighted by Gasteiger charge is -2.19. The Hall–Kier alpha value is -1.44. The summed E-state index contributed by atoms with van der Waals surface area (Å²) in [5, 5.41) is 0. The lowest BCUT2D eigenvalue weighted by atomic mass is 10.1. The Morgan fingerprint density at radius 3 is 2.45 bits per heavy atom. The third kappa shape index (κ3) is 4.79. The normalized spacial score (nSPS) is 13.2. The number of hydrogen-bond donors (Lipinski definition) is 2. The molecular formula is C15H24N2O4S. The van der Waals surface area contributed by atoms with Crippen LogP contribution in [0, 0.1) is 12.8 Å². The lowest BCUT2D eigenvalue weighted by molar-refractivity contribution is 0.0600. The van der Waals surface area contributed by atoms with Gasteiger partial charge in [-0.1, -0.05) is 13.8 Å². The first kappa shape index (κ1) is 18.6. The predicted molar refractivity (Wildman–Crippen MR) is 85.1 cm³/mol. The second-order valence-electron chi connectivity index (χ2n) is 5.65. The molecule has 22 heavy (non-hydrogen) atoms. The van der Waals surface area contributed by atoms with Crippen LogP contribution in [0.1, 0.15) is 36.2 Å². The van der Waals surface area contributed by atoms with Crippen molar-refractivity contribution in [2.75, 3.05) is 13.7 Å². The molecule has 6 nitrogen and oxygen atoms in total. The van der Waals surface area contributed by atoms with Gasteiger partial charge in [0, 0.05) is 12.6 Å². The summed E-state index contributed by atoms with van der Waals surface area (Å²) in [7, 11) is -2.39. The Morgan fingerprint density at radius 1 is 1.36 bits per heavy atom. The number of nitrogens with one attached hydrogen (secondary N) is 1. The zero-order valence-electron chi connectivity index (χ0n) is 13.4. The minimum atomic E-state index is -3.67. The molecule has 1 unspecified atom stereocenters. The van der Waals surface area contributed by atoms with Gasteiger partial charge < -0.3 is 10.5 Å². The van der Waals surface area contributed by atoms with Gasteiger partial charge in [-0.2, -0.15) is 0 Å². The molecule has 0 bridgehead atoms. The number of carbonyl (C=O) groups excluding carboxylic acids is 1. The molecular weight excluding hydrogens is 304 g/mol. The maximum absolute atomic E-state index is 12.4. The first-order chi connectivity index (χ1) is 10.2. The number of benzene rings is 1. The van der Waals surface area contributed by atoms with Gasteiger partial charge in [-0.25, -0.2) is 17.9 Å². The molecule has 0 aliphatic rings. The van der Waals surface area contributed by atoms with E-state index in [2.05, 4.69) is 9.46 Å². The minimum absolute atomic E-state index is 0.111. The van der Waals surface area contributed by atoms with E-state index in [0.717, 1.165) is 0 Å². The van der Waals surface area contributed by atoms with Gasteiger partial charge in [0.25, 0.3) is 0 Å². The molecule has 0 aliphatic carbocycles. The third-order valence-corrected chi connectivity index (χ3v) is 4.79. The zero-order valence-corrected chi connectivity index (χ0v) is 14.2. The van der Waals surface area contributed by atoms with E-state index in [9.17, 15) is 13.2 Å². The van der Waals surface area contributed by atoms with Crippen molar-refractivity contribution in [2.45, 2.75) is 38.1 Å². The van der Waals surface area contributed by atoms with Crippen LogP contribution in [0.3, 0.4) is 0 Å². The molecule has 1 aromatic carbocycles. The van der Waals surface area contributed by atoms with E-state index in [4.69, 9.17) is 5.73 Å². The number of esters is 1. The SMILES string of the molecule is COC(=O)c1ccc(S(=O)(=O)NC(CN)CC(C)C)cc1C. The highest BCUT2D eigenvalue weighted by molar-refractivity contribution is 7.89. The zero-order chi connectivity index (χ0) is 16.9.